The van der Waals surface area contributed by atoms with E-state index in [1.54, 1.807) is 33.3 Å². The summed E-state index contributed by atoms with van der Waals surface area (Å²) < 4.78 is 0. The fourth-order valence-electron chi connectivity index (χ4n) is 13.5. The lowest BCUT2D eigenvalue weighted by Gasteiger charge is -2.39. The standard InChI is InChI=1S/C58H82N10O6S4/c1-31(59-7)53(75)63-41-25-27-77-43-29-57(3,4)47(67(43)55(41)73)51(71)65-45-37-15-11-9-13-33(37)17-23-39(45)49(69)61-35-19-21-36(22-20-35)62-50(70)40-24-18-34-14-10-12-16-38(34)46(40)66-52(72)48-58(5,6)30-44-68(48)56(74)42(26-28-78-44)64-54(76)32(2)60-8/h9-16,31-32,35-36,39-48,59-60H,17-30H2,1-8H3,(H,61,69)(H,62,70)(H,63,75)(H,64,76)(H,65,71)(H,66,72)/t31-,32+,35?,36?,39+,40-,41-,42+,43?,44?,45-,46+,47+,48-. The molecule has 7 aliphatic rings. The second-order valence-electron chi connectivity index (χ2n) is 24.3. The molecule has 16 nitrogen and oxygen atoms in total. The Balaban J connectivity index is 0.846. The SMILES string of the molecule is CN[C@@H](C)C(=S)N[C@H]1CCSC2CC(C)(C)[C@@H](C(=O)N[C@H]3c4ccccc4CC[C@H]3C(=O)NC3CCC(NC(=O)[C@H]4CCc5ccccc5[C@H]4NC(=O)[C@@H]4N5C(=O)[C@H](NC(=S)[C@@H](C)NC)CCSC5CC4(C)C)CC3)N2C1=O. The summed E-state index contributed by atoms with van der Waals surface area (Å²) in [4.78, 5) is 92.7. The number of nitrogens with one attached hydrogen (secondary N) is 8. The van der Waals surface area contributed by atoms with Crippen LogP contribution in [0.2, 0.25) is 0 Å². The highest BCUT2D eigenvalue weighted by Gasteiger charge is 2.57. The Morgan fingerprint density at radius 1 is 0.538 bits per heavy atom. The minimum atomic E-state index is -0.747. The van der Waals surface area contributed by atoms with Crippen LogP contribution in [0.4, 0.5) is 0 Å². The van der Waals surface area contributed by atoms with Gasteiger partial charge in [-0.05, 0) is 150 Å². The number of likely N-dealkylation sites (N-methyl/N-ethyl adjacent to an activating group) is 2. The maximum absolute atomic E-state index is 14.9. The van der Waals surface area contributed by atoms with Gasteiger partial charge in [0.25, 0.3) is 0 Å². The molecule has 1 saturated carbocycles. The van der Waals surface area contributed by atoms with Crippen molar-refractivity contribution in [2.45, 2.75) is 190 Å². The van der Waals surface area contributed by atoms with E-state index >= 15 is 0 Å². The number of aryl methyl sites for hydroxylation is 2. The van der Waals surface area contributed by atoms with Crippen molar-refractivity contribution in [3.8, 4) is 0 Å². The maximum atomic E-state index is 14.9. The molecule has 6 amide bonds. The first-order chi connectivity index (χ1) is 37.2. The summed E-state index contributed by atoms with van der Waals surface area (Å²) in [6, 6.07) is 11.8. The van der Waals surface area contributed by atoms with E-state index in [2.05, 4.69) is 82.4 Å². The van der Waals surface area contributed by atoms with Crippen molar-refractivity contribution in [2.75, 3.05) is 25.6 Å². The Hall–Kier alpha value is -4.34. The number of amides is 6. The Morgan fingerprint density at radius 3 is 1.28 bits per heavy atom. The first-order valence-corrected chi connectivity index (χ1v) is 31.3. The van der Waals surface area contributed by atoms with Crippen molar-refractivity contribution >= 4 is 93.4 Å². The fraction of sp³-hybridized carbons (Fsp3) is 0.655. The molecule has 4 heterocycles. The summed E-state index contributed by atoms with van der Waals surface area (Å²) in [5, 5.41) is 26.1. The van der Waals surface area contributed by atoms with Crippen molar-refractivity contribution in [1.82, 2.24) is 52.3 Å². The quantitative estimate of drug-likeness (QED) is 0.113. The molecule has 9 rings (SSSR count). The van der Waals surface area contributed by atoms with E-state index in [9.17, 15) is 28.8 Å². The number of carbonyl (C=O) groups excluding carboxylic acids is 6. The molecular weight excluding hydrogens is 1060 g/mol. The van der Waals surface area contributed by atoms with Crippen molar-refractivity contribution in [3.05, 3.63) is 70.8 Å². The van der Waals surface area contributed by atoms with E-state index in [1.165, 1.54) is 0 Å². The highest BCUT2D eigenvalue weighted by Crippen LogP contribution is 2.49. The van der Waals surface area contributed by atoms with Gasteiger partial charge in [-0.15, -0.1) is 23.5 Å². The van der Waals surface area contributed by atoms with Gasteiger partial charge in [0, 0.05) is 12.1 Å². The molecule has 0 aromatic heterocycles. The summed E-state index contributed by atoms with van der Waals surface area (Å²) in [6.07, 6.45) is 7.68. The smallest absolute Gasteiger partial charge is 0.246 e. The normalized spacial score (nSPS) is 31.8. The second kappa shape index (κ2) is 24.4. The molecular formula is C58H82N10O6S4. The Morgan fingerprint density at radius 2 is 0.910 bits per heavy atom. The molecule has 2 unspecified atom stereocenters. The molecule has 4 aliphatic heterocycles. The number of thioether (sulfide) groups is 2. The van der Waals surface area contributed by atoms with Gasteiger partial charge < -0.3 is 52.3 Å². The zero-order valence-electron chi connectivity index (χ0n) is 46.6. The number of thiocarbonyl (C=S) groups is 2. The first-order valence-electron chi connectivity index (χ1n) is 28.4. The van der Waals surface area contributed by atoms with Crippen LogP contribution in [-0.4, -0.2) is 140 Å². The third-order valence-corrected chi connectivity index (χ3v) is 21.5. The molecule has 0 bridgehead atoms. The van der Waals surface area contributed by atoms with Crippen LogP contribution in [0.15, 0.2) is 48.5 Å². The monoisotopic (exact) mass is 1140 g/mol. The van der Waals surface area contributed by atoms with Gasteiger partial charge in [0.2, 0.25) is 35.4 Å². The molecule has 3 aliphatic carbocycles. The summed E-state index contributed by atoms with van der Waals surface area (Å²) in [5.74, 6) is -0.553. The van der Waals surface area contributed by atoms with Crippen molar-refractivity contribution < 1.29 is 28.8 Å². The lowest BCUT2D eigenvalue weighted by Crippen LogP contribution is -2.58. The first kappa shape index (κ1) is 58.3. The maximum Gasteiger partial charge on any atom is 0.246 e. The topological polar surface area (TPSA) is 205 Å². The molecule has 0 spiro atoms. The predicted molar refractivity (Wildman–Crippen MR) is 316 cm³/mol. The molecule has 0 radical (unpaired) electrons. The lowest BCUT2D eigenvalue weighted by molar-refractivity contribution is -0.143. The van der Waals surface area contributed by atoms with E-state index in [-0.39, 0.29) is 70.4 Å². The van der Waals surface area contributed by atoms with Crippen LogP contribution < -0.4 is 42.5 Å². The predicted octanol–water partition coefficient (Wildman–Crippen LogP) is 5.34. The molecule has 8 N–H and O–H groups in total. The Kier molecular flexibility index (Phi) is 18.2. The molecule has 78 heavy (non-hydrogen) atoms. The summed E-state index contributed by atoms with van der Waals surface area (Å²) in [6.45, 7) is 12.1. The summed E-state index contributed by atoms with van der Waals surface area (Å²) >= 11 is 14.7. The van der Waals surface area contributed by atoms with Crippen LogP contribution in [-0.2, 0) is 41.6 Å². The number of hydrogen-bond donors (Lipinski definition) is 8. The van der Waals surface area contributed by atoms with E-state index in [1.807, 2.05) is 64.3 Å². The average molecular weight is 1140 g/mol. The average Bonchev–Trinajstić information content (AvgIpc) is 3.84. The van der Waals surface area contributed by atoms with Crippen LogP contribution in [0, 0.1) is 22.7 Å². The highest BCUT2D eigenvalue weighted by molar-refractivity contribution is 8.00. The zero-order valence-corrected chi connectivity index (χ0v) is 49.8. The number of fused-ring (bicyclic) bond motifs is 4. The lowest BCUT2D eigenvalue weighted by atomic mass is 9.77. The van der Waals surface area contributed by atoms with Gasteiger partial charge in [-0.2, -0.15) is 0 Å². The Labute approximate surface area is 480 Å². The summed E-state index contributed by atoms with van der Waals surface area (Å²) in [5.41, 5.74) is 2.98. The van der Waals surface area contributed by atoms with Gasteiger partial charge in [-0.3, -0.25) is 28.8 Å². The van der Waals surface area contributed by atoms with Crippen molar-refractivity contribution in [3.63, 3.8) is 0 Å². The molecule has 12 atom stereocenters. The minimum Gasteiger partial charge on any atom is -0.367 e. The van der Waals surface area contributed by atoms with Crippen LogP contribution in [0.1, 0.15) is 140 Å². The van der Waals surface area contributed by atoms with Gasteiger partial charge in [-0.25, -0.2) is 0 Å². The van der Waals surface area contributed by atoms with Gasteiger partial charge in [0.05, 0.1) is 56.7 Å². The van der Waals surface area contributed by atoms with Gasteiger partial charge in [0.15, 0.2) is 0 Å². The molecule has 20 heteroatoms. The third kappa shape index (κ3) is 12.1. The van der Waals surface area contributed by atoms with Gasteiger partial charge >= 0.3 is 0 Å². The van der Waals surface area contributed by atoms with E-state index in [4.69, 9.17) is 24.4 Å². The van der Waals surface area contributed by atoms with Gasteiger partial charge in [0.1, 0.15) is 24.2 Å². The zero-order chi connectivity index (χ0) is 55.8. The fourth-order valence-corrected chi connectivity index (χ4v) is 17.1. The largest absolute Gasteiger partial charge is 0.367 e. The molecule has 2 aromatic carbocycles. The Bertz CT molecular complexity index is 2450. The van der Waals surface area contributed by atoms with Crippen LogP contribution >= 0.6 is 48.0 Å². The second-order valence-corrected chi connectivity index (χ2v) is 27.7. The number of hydrogen-bond acceptors (Lipinski definition) is 12. The van der Waals surface area contributed by atoms with Crippen LogP contribution in [0.25, 0.3) is 0 Å². The number of carbonyl (C=O) groups is 6. The number of nitrogens with zero attached hydrogens (tertiary/aromatic N) is 2. The minimum absolute atomic E-state index is 0.112. The van der Waals surface area contributed by atoms with Crippen molar-refractivity contribution in [1.29, 1.82) is 0 Å². The molecule has 2 aromatic rings. The van der Waals surface area contributed by atoms with E-state index < -0.39 is 58.9 Å². The highest BCUT2D eigenvalue weighted by atomic mass is 32.2. The third-order valence-electron chi connectivity index (χ3n) is 18.1. The molecule has 4 saturated heterocycles. The number of rotatable bonds is 14. The van der Waals surface area contributed by atoms with E-state index in [0.717, 1.165) is 33.8 Å². The van der Waals surface area contributed by atoms with E-state index in [0.29, 0.717) is 87.0 Å². The summed E-state index contributed by atoms with van der Waals surface area (Å²) in [7, 11) is 3.66. The van der Waals surface area contributed by atoms with Crippen LogP contribution in [0.3, 0.4) is 0 Å². The molecule has 424 valence electrons. The van der Waals surface area contributed by atoms with Gasteiger partial charge in [-0.1, -0.05) is 101 Å². The van der Waals surface area contributed by atoms with Crippen LogP contribution in [0.5, 0.6) is 0 Å². The number of benzene rings is 2. The van der Waals surface area contributed by atoms with Crippen molar-refractivity contribution in [2.24, 2.45) is 22.7 Å². The molecule has 5 fully saturated rings.